The SMILES string of the molecule is CCc1cc(=O)n2[nH]c(-c3ccc(Cl)cc3)cc2n1. The molecule has 0 atom stereocenters. The molecule has 0 spiro atoms. The summed E-state index contributed by atoms with van der Waals surface area (Å²) in [5.74, 6) is 0. The lowest BCUT2D eigenvalue weighted by atomic mass is 10.2. The molecule has 0 bridgehead atoms. The Hall–Kier alpha value is -2.07. The van der Waals surface area contributed by atoms with E-state index in [2.05, 4.69) is 10.1 Å². The summed E-state index contributed by atoms with van der Waals surface area (Å²) in [5, 5.41) is 3.73. The predicted molar refractivity (Wildman–Crippen MR) is 75.6 cm³/mol. The number of rotatable bonds is 2. The molecule has 5 heteroatoms. The number of nitrogens with zero attached hydrogens (tertiary/aromatic N) is 2. The number of fused-ring (bicyclic) bond motifs is 1. The van der Waals surface area contributed by atoms with Gasteiger partial charge in [0.1, 0.15) is 0 Å². The van der Waals surface area contributed by atoms with Gasteiger partial charge in [-0.2, -0.15) is 0 Å². The van der Waals surface area contributed by atoms with Crippen molar-refractivity contribution in [2.75, 3.05) is 0 Å². The fraction of sp³-hybridized carbons (Fsp3) is 0.143. The van der Waals surface area contributed by atoms with Crippen LogP contribution in [0.1, 0.15) is 12.6 Å². The van der Waals surface area contributed by atoms with E-state index >= 15 is 0 Å². The molecule has 0 saturated carbocycles. The first-order valence-electron chi connectivity index (χ1n) is 6.05. The molecule has 3 aromatic rings. The highest BCUT2D eigenvalue weighted by molar-refractivity contribution is 6.30. The van der Waals surface area contributed by atoms with Crippen molar-refractivity contribution in [1.82, 2.24) is 14.6 Å². The highest BCUT2D eigenvalue weighted by atomic mass is 35.5. The summed E-state index contributed by atoms with van der Waals surface area (Å²) in [7, 11) is 0. The molecule has 0 saturated heterocycles. The van der Waals surface area contributed by atoms with Crippen LogP contribution in [-0.4, -0.2) is 14.6 Å². The topological polar surface area (TPSA) is 50.2 Å². The van der Waals surface area contributed by atoms with E-state index in [1.165, 1.54) is 4.52 Å². The number of aromatic amines is 1. The second kappa shape index (κ2) is 4.55. The summed E-state index contributed by atoms with van der Waals surface area (Å²) in [5.41, 5.74) is 3.14. The van der Waals surface area contributed by atoms with Crippen molar-refractivity contribution in [3.63, 3.8) is 0 Å². The number of aryl methyl sites for hydroxylation is 1. The van der Waals surface area contributed by atoms with Crippen molar-refractivity contribution >= 4 is 17.2 Å². The van der Waals surface area contributed by atoms with Gasteiger partial charge in [-0.1, -0.05) is 30.7 Å². The molecule has 0 radical (unpaired) electrons. The Labute approximate surface area is 114 Å². The van der Waals surface area contributed by atoms with Crippen molar-refractivity contribution in [3.8, 4) is 11.3 Å². The molecule has 0 unspecified atom stereocenters. The van der Waals surface area contributed by atoms with E-state index in [1.807, 2.05) is 37.3 Å². The van der Waals surface area contributed by atoms with E-state index in [4.69, 9.17) is 11.6 Å². The van der Waals surface area contributed by atoms with E-state index in [1.54, 1.807) is 6.07 Å². The molecular weight excluding hydrogens is 262 g/mol. The maximum atomic E-state index is 11.9. The Kier molecular flexibility index (Phi) is 2.87. The Morgan fingerprint density at radius 2 is 2.00 bits per heavy atom. The van der Waals surface area contributed by atoms with Crippen LogP contribution in [0.3, 0.4) is 0 Å². The maximum absolute atomic E-state index is 11.9. The van der Waals surface area contributed by atoms with Gasteiger partial charge < -0.3 is 0 Å². The van der Waals surface area contributed by atoms with Crippen molar-refractivity contribution < 1.29 is 0 Å². The van der Waals surface area contributed by atoms with Crippen molar-refractivity contribution in [1.29, 1.82) is 0 Å². The average Bonchev–Trinajstić information content (AvgIpc) is 2.84. The number of halogens is 1. The van der Waals surface area contributed by atoms with Gasteiger partial charge in [-0.3, -0.25) is 9.89 Å². The molecule has 3 rings (SSSR count). The first-order valence-corrected chi connectivity index (χ1v) is 6.43. The second-order valence-electron chi connectivity index (χ2n) is 4.31. The van der Waals surface area contributed by atoms with E-state index in [0.717, 1.165) is 23.4 Å². The highest BCUT2D eigenvalue weighted by Crippen LogP contribution is 2.20. The first-order chi connectivity index (χ1) is 9.17. The molecular formula is C14H12ClN3O. The standard InChI is InChI=1S/C14H12ClN3O/c1-2-11-7-14(19)18-13(16-11)8-12(17-18)9-3-5-10(15)6-4-9/h3-8,17H,2H2,1H3. The maximum Gasteiger partial charge on any atom is 0.272 e. The van der Waals surface area contributed by atoms with Gasteiger partial charge in [-0.05, 0) is 24.1 Å². The molecule has 2 heterocycles. The molecule has 0 aliphatic rings. The highest BCUT2D eigenvalue weighted by Gasteiger charge is 2.07. The minimum absolute atomic E-state index is 0.0953. The molecule has 1 N–H and O–H groups in total. The number of benzene rings is 1. The molecule has 4 nitrogen and oxygen atoms in total. The Bertz CT molecular complexity index is 787. The zero-order valence-corrected chi connectivity index (χ0v) is 11.1. The quantitative estimate of drug-likeness (QED) is 0.780. The van der Waals surface area contributed by atoms with E-state index in [9.17, 15) is 4.79 Å². The minimum Gasteiger partial charge on any atom is -0.289 e. The van der Waals surface area contributed by atoms with Crippen LogP contribution in [0.5, 0.6) is 0 Å². The number of hydrogen-bond donors (Lipinski definition) is 1. The normalized spacial score (nSPS) is 11.1. The zero-order valence-electron chi connectivity index (χ0n) is 10.4. The largest absolute Gasteiger partial charge is 0.289 e. The van der Waals surface area contributed by atoms with E-state index < -0.39 is 0 Å². The van der Waals surface area contributed by atoms with Crippen molar-refractivity contribution in [3.05, 3.63) is 57.5 Å². The van der Waals surface area contributed by atoms with Crippen LogP contribution in [0.25, 0.3) is 16.9 Å². The number of H-pyrrole nitrogens is 1. The molecule has 0 aliphatic carbocycles. The van der Waals surface area contributed by atoms with Crippen LogP contribution in [0.2, 0.25) is 5.02 Å². The molecule has 2 aromatic heterocycles. The fourth-order valence-corrected chi connectivity index (χ4v) is 2.12. The van der Waals surface area contributed by atoms with Crippen LogP contribution < -0.4 is 5.56 Å². The van der Waals surface area contributed by atoms with Gasteiger partial charge in [0.2, 0.25) is 0 Å². The fourth-order valence-electron chi connectivity index (χ4n) is 2.00. The minimum atomic E-state index is -0.0953. The number of hydrogen-bond acceptors (Lipinski definition) is 2. The van der Waals surface area contributed by atoms with Gasteiger partial charge in [0, 0.05) is 22.8 Å². The lowest BCUT2D eigenvalue weighted by molar-refractivity contribution is 0.879. The summed E-state index contributed by atoms with van der Waals surface area (Å²) in [6.45, 7) is 1.98. The van der Waals surface area contributed by atoms with Crippen molar-refractivity contribution in [2.45, 2.75) is 13.3 Å². The van der Waals surface area contributed by atoms with Gasteiger partial charge in [-0.25, -0.2) is 9.50 Å². The summed E-state index contributed by atoms with van der Waals surface area (Å²) in [6.07, 6.45) is 0.743. The molecule has 0 fully saturated rings. The molecule has 0 amide bonds. The second-order valence-corrected chi connectivity index (χ2v) is 4.75. The van der Waals surface area contributed by atoms with Gasteiger partial charge in [0.25, 0.3) is 5.56 Å². The Morgan fingerprint density at radius 3 is 2.68 bits per heavy atom. The third kappa shape index (κ3) is 2.15. The summed E-state index contributed by atoms with van der Waals surface area (Å²) < 4.78 is 1.45. The smallest absolute Gasteiger partial charge is 0.272 e. The summed E-state index contributed by atoms with van der Waals surface area (Å²) in [4.78, 5) is 16.4. The van der Waals surface area contributed by atoms with Crippen LogP contribution in [0, 0.1) is 0 Å². The van der Waals surface area contributed by atoms with Crippen LogP contribution in [-0.2, 0) is 6.42 Å². The lowest BCUT2D eigenvalue weighted by Gasteiger charge is -1.97. The van der Waals surface area contributed by atoms with Gasteiger partial charge in [0.15, 0.2) is 5.65 Å². The first kappa shape index (κ1) is 12.0. The van der Waals surface area contributed by atoms with Gasteiger partial charge in [-0.15, -0.1) is 0 Å². The molecule has 0 aliphatic heterocycles. The molecule has 96 valence electrons. The van der Waals surface area contributed by atoms with E-state index in [0.29, 0.717) is 10.7 Å². The lowest BCUT2D eigenvalue weighted by Crippen LogP contribution is -2.15. The average molecular weight is 274 g/mol. The number of aromatic nitrogens is 3. The monoisotopic (exact) mass is 273 g/mol. The Morgan fingerprint density at radius 1 is 1.26 bits per heavy atom. The summed E-state index contributed by atoms with van der Waals surface area (Å²) in [6, 6.07) is 10.8. The van der Waals surface area contributed by atoms with Gasteiger partial charge in [0.05, 0.1) is 5.69 Å². The number of nitrogens with one attached hydrogen (secondary N) is 1. The van der Waals surface area contributed by atoms with Crippen LogP contribution in [0.4, 0.5) is 0 Å². The van der Waals surface area contributed by atoms with Crippen LogP contribution in [0.15, 0.2) is 41.2 Å². The third-order valence-electron chi connectivity index (χ3n) is 3.02. The van der Waals surface area contributed by atoms with Gasteiger partial charge >= 0.3 is 0 Å². The Balaban J connectivity index is 2.18. The zero-order chi connectivity index (χ0) is 13.4. The molecule has 19 heavy (non-hydrogen) atoms. The third-order valence-corrected chi connectivity index (χ3v) is 3.27. The van der Waals surface area contributed by atoms with Crippen LogP contribution >= 0.6 is 11.6 Å². The van der Waals surface area contributed by atoms with Crippen molar-refractivity contribution in [2.24, 2.45) is 0 Å². The summed E-state index contributed by atoms with van der Waals surface area (Å²) >= 11 is 5.86. The van der Waals surface area contributed by atoms with E-state index in [-0.39, 0.29) is 5.56 Å². The molecule has 1 aromatic carbocycles. The predicted octanol–water partition coefficient (Wildman–Crippen LogP) is 2.91.